The summed E-state index contributed by atoms with van der Waals surface area (Å²) < 4.78 is 0. The number of hydrogen-bond donors (Lipinski definition) is 3. The molecule has 1 unspecified atom stereocenters. The smallest absolute Gasteiger partial charge is 0.353 e. The molecule has 3 aliphatic rings. The van der Waals surface area contributed by atoms with Gasteiger partial charge in [0.2, 0.25) is 5.91 Å². The van der Waals surface area contributed by atoms with Crippen molar-refractivity contribution in [3.63, 3.8) is 0 Å². The van der Waals surface area contributed by atoms with Crippen LogP contribution in [0.5, 0.6) is 0 Å². The quantitative estimate of drug-likeness (QED) is 0.492. The molecule has 24 heavy (non-hydrogen) atoms. The number of halogens is 1. The van der Waals surface area contributed by atoms with Crippen LogP contribution >= 0.6 is 23.4 Å². The van der Waals surface area contributed by atoms with Crippen molar-refractivity contribution in [3.05, 3.63) is 34.5 Å². The van der Waals surface area contributed by atoms with Gasteiger partial charge in [0.15, 0.2) is 0 Å². The summed E-state index contributed by atoms with van der Waals surface area (Å²) in [6.45, 7) is 0. The molecule has 1 aliphatic carbocycles. The molecule has 9 heteroatoms. The number of nitrogens with two attached hydrogens (primary N) is 1. The molecule has 7 nitrogen and oxygen atoms in total. The lowest BCUT2D eigenvalue weighted by Crippen LogP contribution is -2.71. The third-order valence-corrected chi connectivity index (χ3v) is 5.89. The second-order valence-electron chi connectivity index (χ2n) is 5.62. The molecule has 2 heterocycles. The zero-order chi connectivity index (χ0) is 17.4. The normalized spacial score (nSPS) is 27.2. The number of nitrogens with one attached hydrogen (secondary N) is 1. The van der Waals surface area contributed by atoms with Crippen LogP contribution in [0.2, 0.25) is 0 Å². The Labute approximate surface area is 147 Å². The van der Waals surface area contributed by atoms with Crippen LogP contribution in [-0.4, -0.2) is 51.0 Å². The van der Waals surface area contributed by atoms with Crippen molar-refractivity contribution in [1.82, 2.24) is 10.2 Å². The summed E-state index contributed by atoms with van der Waals surface area (Å²) >= 11 is 7.22. The van der Waals surface area contributed by atoms with E-state index < -0.39 is 35.2 Å². The van der Waals surface area contributed by atoms with Crippen molar-refractivity contribution in [2.75, 3.05) is 5.75 Å². The summed E-state index contributed by atoms with van der Waals surface area (Å²) in [6.07, 6.45) is 7.18. The lowest BCUT2D eigenvalue weighted by atomic mass is 9.97. The van der Waals surface area contributed by atoms with Crippen molar-refractivity contribution in [1.29, 1.82) is 0 Å². The Hall–Kier alpha value is -1.77. The number of hydrogen-bond acceptors (Lipinski definition) is 5. The summed E-state index contributed by atoms with van der Waals surface area (Å²) in [4.78, 5) is 37.0. The number of amides is 2. The zero-order valence-corrected chi connectivity index (χ0v) is 14.1. The van der Waals surface area contributed by atoms with Gasteiger partial charge in [0.25, 0.3) is 5.91 Å². The minimum Gasteiger partial charge on any atom is -0.477 e. The lowest BCUT2D eigenvalue weighted by molar-refractivity contribution is -0.150. The van der Waals surface area contributed by atoms with Gasteiger partial charge in [0.1, 0.15) is 23.2 Å². The van der Waals surface area contributed by atoms with Crippen LogP contribution in [-0.2, 0) is 14.4 Å². The molecule has 0 bridgehead atoms. The molecule has 0 radical (unpaired) electrons. The van der Waals surface area contributed by atoms with Gasteiger partial charge in [-0.1, -0.05) is 29.8 Å². The highest BCUT2D eigenvalue weighted by Gasteiger charge is 2.54. The zero-order valence-electron chi connectivity index (χ0n) is 12.6. The molecule has 3 rings (SSSR count). The van der Waals surface area contributed by atoms with Crippen LogP contribution in [0.15, 0.2) is 34.5 Å². The van der Waals surface area contributed by atoms with Gasteiger partial charge in [0.05, 0.1) is 5.03 Å². The molecule has 4 N–H and O–H groups in total. The summed E-state index contributed by atoms with van der Waals surface area (Å²) in [5.74, 6) is -1.89. The fraction of sp³-hybridized carbons (Fsp3) is 0.400. The van der Waals surface area contributed by atoms with Gasteiger partial charge >= 0.3 is 5.97 Å². The predicted octanol–water partition coefficient (Wildman–Crippen LogP) is 0.525. The summed E-state index contributed by atoms with van der Waals surface area (Å²) in [5.41, 5.74) is 6.56. The molecule has 0 aromatic carbocycles. The Morgan fingerprint density at radius 2 is 2.21 bits per heavy atom. The van der Waals surface area contributed by atoms with Gasteiger partial charge in [0, 0.05) is 5.75 Å². The molecule has 1 fully saturated rings. The predicted molar refractivity (Wildman–Crippen MR) is 90.0 cm³/mol. The van der Waals surface area contributed by atoms with E-state index in [0.717, 1.165) is 16.9 Å². The van der Waals surface area contributed by atoms with Crippen LogP contribution in [0.4, 0.5) is 0 Å². The van der Waals surface area contributed by atoms with Gasteiger partial charge in [-0.25, -0.2) is 4.79 Å². The molecule has 128 valence electrons. The number of rotatable bonds is 4. The number of allylic oxidation sites excluding steroid dienone is 3. The maximum atomic E-state index is 12.3. The van der Waals surface area contributed by atoms with Crippen molar-refractivity contribution >= 4 is 41.1 Å². The van der Waals surface area contributed by atoms with Gasteiger partial charge in [-0.2, -0.15) is 0 Å². The van der Waals surface area contributed by atoms with E-state index in [0.29, 0.717) is 6.42 Å². The van der Waals surface area contributed by atoms with Crippen LogP contribution in [0, 0.1) is 0 Å². The number of nitrogens with zero attached hydrogens (tertiary/aromatic N) is 1. The van der Waals surface area contributed by atoms with Gasteiger partial charge < -0.3 is 16.2 Å². The fourth-order valence-corrected chi connectivity index (χ4v) is 4.42. The molecule has 0 spiro atoms. The molecule has 2 aliphatic heterocycles. The van der Waals surface area contributed by atoms with Gasteiger partial charge in [-0.3, -0.25) is 14.5 Å². The minimum atomic E-state index is -1.25. The van der Waals surface area contributed by atoms with Crippen molar-refractivity contribution in [2.24, 2.45) is 5.73 Å². The molecule has 2 amide bonds. The maximum absolute atomic E-state index is 12.3. The first-order valence-electron chi connectivity index (χ1n) is 7.38. The van der Waals surface area contributed by atoms with E-state index in [-0.39, 0.29) is 16.5 Å². The number of carbonyl (C=O) groups excluding carboxylic acids is 2. The van der Waals surface area contributed by atoms with Gasteiger partial charge in [-0.15, -0.1) is 11.8 Å². The Balaban J connectivity index is 1.68. The SMILES string of the molecule is NC(C(=O)N[C@@H]1C(=O)N2C(C(=O)O)=C(Cl)CS[C@H]12)C1=CCC=CC1. The first kappa shape index (κ1) is 17.1. The Morgan fingerprint density at radius 1 is 1.46 bits per heavy atom. The first-order valence-corrected chi connectivity index (χ1v) is 8.81. The van der Waals surface area contributed by atoms with Crippen LogP contribution < -0.4 is 11.1 Å². The van der Waals surface area contributed by atoms with E-state index in [4.69, 9.17) is 17.3 Å². The molecular weight excluding hydrogens is 354 g/mol. The summed E-state index contributed by atoms with van der Waals surface area (Å²) in [5, 5.41) is 11.5. The fourth-order valence-electron chi connectivity index (χ4n) is 2.87. The number of carboxylic acid groups (broad SMARTS) is 1. The number of thioether (sulfide) groups is 1. The highest BCUT2D eigenvalue weighted by molar-refractivity contribution is 8.00. The maximum Gasteiger partial charge on any atom is 0.353 e. The van der Waals surface area contributed by atoms with Crippen molar-refractivity contribution < 1.29 is 19.5 Å². The summed E-state index contributed by atoms with van der Waals surface area (Å²) in [7, 11) is 0. The van der Waals surface area contributed by atoms with E-state index in [9.17, 15) is 19.5 Å². The third-order valence-electron chi connectivity index (χ3n) is 4.14. The van der Waals surface area contributed by atoms with Crippen LogP contribution in [0.1, 0.15) is 12.8 Å². The van der Waals surface area contributed by atoms with E-state index >= 15 is 0 Å². The second-order valence-corrected chi connectivity index (χ2v) is 7.18. The second kappa shape index (κ2) is 6.62. The van der Waals surface area contributed by atoms with Crippen LogP contribution in [0.25, 0.3) is 0 Å². The minimum absolute atomic E-state index is 0.123. The Kier molecular flexibility index (Phi) is 4.71. The highest BCUT2D eigenvalue weighted by Crippen LogP contribution is 2.41. The molecule has 0 aromatic heterocycles. The number of fused-ring (bicyclic) bond motifs is 1. The monoisotopic (exact) mass is 369 g/mol. The van der Waals surface area contributed by atoms with Gasteiger partial charge in [-0.05, 0) is 18.4 Å². The van der Waals surface area contributed by atoms with Crippen LogP contribution in [0.3, 0.4) is 0 Å². The molecule has 0 aromatic rings. The summed E-state index contributed by atoms with van der Waals surface area (Å²) in [6, 6.07) is -1.60. The first-order chi connectivity index (χ1) is 11.4. The van der Waals surface area contributed by atoms with E-state index in [1.54, 1.807) is 0 Å². The largest absolute Gasteiger partial charge is 0.477 e. The van der Waals surface area contributed by atoms with Crippen molar-refractivity contribution in [3.8, 4) is 0 Å². The number of aliphatic carboxylic acids is 1. The van der Waals surface area contributed by atoms with E-state index in [2.05, 4.69) is 5.32 Å². The molecule has 0 saturated carbocycles. The molecular formula is C15H16ClN3O4S. The number of β-lactam (4-membered cyclic amide) rings is 1. The molecule has 3 atom stereocenters. The van der Waals surface area contributed by atoms with E-state index in [1.165, 1.54) is 11.8 Å². The standard InChI is InChI=1S/C15H16ClN3O4S/c16-8-6-24-14-10(13(21)19(14)11(8)15(22)23)18-12(20)9(17)7-4-2-1-3-5-7/h1-2,5,9-10,14H,3-4,6,17H2,(H,18,20)(H,22,23)/t9?,10-,14-/m1/s1. The number of carbonyl (C=O) groups is 3. The Bertz CT molecular complexity index is 703. The number of carboxylic acids is 1. The average molecular weight is 370 g/mol. The lowest BCUT2D eigenvalue weighted by Gasteiger charge is -2.49. The highest BCUT2D eigenvalue weighted by atomic mass is 35.5. The van der Waals surface area contributed by atoms with Crippen molar-refractivity contribution in [2.45, 2.75) is 30.3 Å². The topological polar surface area (TPSA) is 113 Å². The average Bonchev–Trinajstić information content (AvgIpc) is 2.59. The van der Waals surface area contributed by atoms with E-state index in [1.807, 2.05) is 18.2 Å². The third kappa shape index (κ3) is 2.85. The Morgan fingerprint density at radius 3 is 2.83 bits per heavy atom. The molecule has 1 saturated heterocycles.